The molecule has 8 heteroatoms. The molecule has 1 N–H and O–H groups in total. The van der Waals surface area contributed by atoms with Gasteiger partial charge in [-0.2, -0.15) is 0 Å². The highest BCUT2D eigenvalue weighted by molar-refractivity contribution is 8.05. The summed E-state index contributed by atoms with van der Waals surface area (Å²) >= 11 is 0. The molecular formula is C2H8NO4PS2. The Labute approximate surface area is 62.5 Å². The normalized spacial score (nSPS) is 13.4. The van der Waals surface area contributed by atoms with Crippen molar-refractivity contribution in [3.63, 3.8) is 0 Å². The van der Waals surface area contributed by atoms with Crippen molar-refractivity contribution in [3.05, 3.63) is 0 Å². The van der Waals surface area contributed by atoms with Gasteiger partial charge in [0, 0.05) is 0 Å². The third kappa shape index (κ3) is 5.10. The molecule has 0 spiro atoms. The van der Waals surface area contributed by atoms with Crippen molar-refractivity contribution in [3.8, 4) is 0 Å². The highest BCUT2D eigenvalue weighted by Gasteiger charge is 2.12. The Bertz CT molecular complexity index is 289. The molecule has 0 rings (SSSR count). The summed E-state index contributed by atoms with van der Waals surface area (Å²) in [5.41, 5.74) is -0.319. The molecule has 0 aliphatic carbocycles. The Morgan fingerprint density at radius 3 is 1.80 bits per heavy atom. The first-order chi connectivity index (χ1) is 4.27. The number of nitrogens with one attached hydrogen (secondary N) is 1. The summed E-state index contributed by atoms with van der Waals surface area (Å²) in [5.74, 6) is 0. The standard InChI is InChI=1S/C2H8NO4PS2/c1-9(4,5)3-10(6,7)2-8/h3H,2,8H2,1H3. The second-order valence-corrected chi connectivity index (χ2v) is 6.41. The van der Waals surface area contributed by atoms with Crippen LogP contribution >= 0.6 is 9.24 Å². The summed E-state index contributed by atoms with van der Waals surface area (Å²) in [5, 5.41) is 0. The topological polar surface area (TPSA) is 80.3 Å². The number of hydrogen-bond acceptors (Lipinski definition) is 4. The average molecular weight is 205 g/mol. The summed E-state index contributed by atoms with van der Waals surface area (Å²) in [6.07, 6.45) is 0.783. The molecule has 0 bridgehead atoms. The zero-order chi connectivity index (χ0) is 8.41. The molecule has 0 radical (unpaired) electrons. The molecule has 0 saturated carbocycles. The van der Waals surface area contributed by atoms with E-state index in [2.05, 4.69) is 0 Å². The van der Waals surface area contributed by atoms with E-state index in [1.54, 1.807) is 0 Å². The van der Waals surface area contributed by atoms with Crippen LogP contribution in [-0.4, -0.2) is 28.6 Å². The van der Waals surface area contributed by atoms with E-state index >= 15 is 0 Å². The second kappa shape index (κ2) is 3.13. The molecule has 0 heterocycles. The molecule has 0 amide bonds. The van der Waals surface area contributed by atoms with E-state index in [1.807, 2.05) is 9.24 Å². The fraction of sp³-hybridized carbons (Fsp3) is 1.00. The quantitative estimate of drug-likeness (QED) is 0.580. The second-order valence-electron chi connectivity index (χ2n) is 1.64. The Kier molecular flexibility index (Phi) is 3.22. The van der Waals surface area contributed by atoms with Crippen molar-refractivity contribution in [2.75, 3.05) is 11.7 Å². The van der Waals surface area contributed by atoms with Crippen molar-refractivity contribution >= 4 is 29.3 Å². The lowest BCUT2D eigenvalue weighted by Crippen LogP contribution is -2.29. The van der Waals surface area contributed by atoms with Gasteiger partial charge in [0.05, 0.1) is 11.7 Å². The summed E-state index contributed by atoms with van der Waals surface area (Å²) in [6, 6.07) is 0. The number of sulfonamides is 2. The highest BCUT2D eigenvalue weighted by Crippen LogP contribution is 1.92. The molecule has 0 aromatic rings. The van der Waals surface area contributed by atoms with E-state index in [4.69, 9.17) is 0 Å². The number of hydrogen-bond donors (Lipinski definition) is 1. The fourth-order valence-corrected chi connectivity index (χ4v) is 2.99. The third-order valence-electron chi connectivity index (χ3n) is 0.498. The van der Waals surface area contributed by atoms with Crippen LogP contribution in [0.3, 0.4) is 0 Å². The van der Waals surface area contributed by atoms with Crippen molar-refractivity contribution in [2.24, 2.45) is 0 Å². The third-order valence-corrected chi connectivity index (χ3v) is 4.48. The minimum atomic E-state index is -3.65. The van der Waals surface area contributed by atoms with Gasteiger partial charge in [0.25, 0.3) is 0 Å². The molecule has 0 aliphatic rings. The SMILES string of the molecule is CS(=O)(=O)NS(=O)(=O)CP. The van der Waals surface area contributed by atoms with E-state index < -0.39 is 20.0 Å². The molecule has 0 saturated heterocycles. The number of rotatable bonds is 3. The lowest BCUT2D eigenvalue weighted by Gasteiger charge is -1.98. The summed E-state index contributed by atoms with van der Waals surface area (Å²) in [4.78, 5) is 0. The summed E-state index contributed by atoms with van der Waals surface area (Å²) in [6.45, 7) is 0. The maximum absolute atomic E-state index is 10.5. The van der Waals surface area contributed by atoms with Gasteiger partial charge in [-0.15, -0.1) is 13.4 Å². The van der Waals surface area contributed by atoms with Crippen LogP contribution < -0.4 is 4.13 Å². The molecule has 0 aliphatic heterocycles. The Morgan fingerprint density at radius 2 is 1.70 bits per heavy atom. The van der Waals surface area contributed by atoms with Crippen LogP contribution in [0.2, 0.25) is 0 Å². The van der Waals surface area contributed by atoms with Gasteiger partial charge < -0.3 is 0 Å². The Balaban J connectivity index is 4.49. The zero-order valence-electron chi connectivity index (χ0n) is 5.23. The van der Waals surface area contributed by atoms with Gasteiger partial charge in [-0.05, 0) is 0 Å². The zero-order valence-corrected chi connectivity index (χ0v) is 8.02. The molecule has 1 atom stereocenters. The van der Waals surface area contributed by atoms with E-state index in [1.165, 1.54) is 4.13 Å². The van der Waals surface area contributed by atoms with Gasteiger partial charge in [-0.1, -0.05) is 0 Å². The van der Waals surface area contributed by atoms with Crippen LogP contribution in [-0.2, 0) is 20.0 Å². The van der Waals surface area contributed by atoms with Crippen LogP contribution in [0.15, 0.2) is 0 Å². The molecular weight excluding hydrogens is 197 g/mol. The van der Waals surface area contributed by atoms with E-state index in [0.29, 0.717) is 0 Å². The van der Waals surface area contributed by atoms with Crippen molar-refractivity contribution < 1.29 is 16.8 Å². The maximum atomic E-state index is 10.5. The van der Waals surface area contributed by atoms with Crippen molar-refractivity contribution in [1.82, 2.24) is 4.13 Å². The van der Waals surface area contributed by atoms with Crippen LogP contribution in [0, 0.1) is 0 Å². The van der Waals surface area contributed by atoms with Crippen LogP contribution in [0.4, 0.5) is 0 Å². The first kappa shape index (κ1) is 10.3. The predicted octanol–water partition coefficient (Wildman–Crippen LogP) is -1.30. The minimum Gasteiger partial charge on any atom is -0.212 e. The maximum Gasteiger partial charge on any atom is 0.228 e. The Morgan fingerprint density at radius 1 is 1.30 bits per heavy atom. The molecule has 5 nitrogen and oxygen atoms in total. The van der Waals surface area contributed by atoms with Gasteiger partial charge >= 0.3 is 0 Å². The van der Waals surface area contributed by atoms with Gasteiger partial charge in [-0.3, -0.25) is 0 Å². The first-order valence-corrected chi connectivity index (χ1v) is 6.54. The van der Waals surface area contributed by atoms with Gasteiger partial charge in [0.2, 0.25) is 20.0 Å². The average Bonchev–Trinajstić information content (AvgIpc) is 1.60. The van der Waals surface area contributed by atoms with E-state index in [0.717, 1.165) is 6.26 Å². The van der Waals surface area contributed by atoms with Gasteiger partial charge in [-0.25, -0.2) is 16.8 Å². The van der Waals surface area contributed by atoms with Gasteiger partial charge in [0.15, 0.2) is 0 Å². The Hall–Kier alpha value is 0.290. The van der Waals surface area contributed by atoms with Crippen LogP contribution in [0.1, 0.15) is 0 Å². The molecule has 0 aromatic carbocycles. The van der Waals surface area contributed by atoms with Crippen LogP contribution in [0.25, 0.3) is 0 Å². The molecule has 0 aromatic heterocycles. The largest absolute Gasteiger partial charge is 0.228 e. The smallest absolute Gasteiger partial charge is 0.212 e. The van der Waals surface area contributed by atoms with Crippen LogP contribution in [0.5, 0.6) is 0 Å². The van der Waals surface area contributed by atoms with Crippen molar-refractivity contribution in [2.45, 2.75) is 0 Å². The summed E-state index contributed by atoms with van der Waals surface area (Å²) < 4.78 is 43.1. The fourth-order valence-electron chi connectivity index (χ4n) is 0.265. The van der Waals surface area contributed by atoms with E-state index in [9.17, 15) is 16.8 Å². The van der Waals surface area contributed by atoms with E-state index in [-0.39, 0.29) is 5.49 Å². The molecule has 0 fully saturated rings. The predicted molar refractivity (Wildman–Crippen MR) is 41.5 cm³/mol. The molecule has 10 heavy (non-hydrogen) atoms. The molecule has 62 valence electrons. The lowest BCUT2D eigenvalue weighted by atomic mass is 11.9. The highest BCUT2D eigenvalue weighted by atomic mass is 32.3. The monoisotopic (exact) mass is 205 g/mol. The van der Waals surface area contributed by atoms with Crippen molar-refractivity contribution in [1.29, 1.82) is 0 Å². The summed E-state index contributed by atoms with van der Waals surface area (Å²) in [7, 11) is -5.39. The van der Waals surface area contributed by atoms with Gasteiger partial charge in [0.1, 0.15) is 0 Å². The lowest BCUT2D eigenvalue weighted by molar-refractivity contribution is 0.583. The molecule has 1 unspecified atom stereocenters. The first-order valence-electron chi connectivity index (χ1n) is 2.18. The minimum absolute atomic E-state index is 0.319.